The van der Waals surface area contributed by atoms with Crippen molar-refractivity contribution in [3.05, 3.63) is 60.4 Å². The van der Waals surface area contributed by atoms with Crippen molar-refractivity contribution in [2.75, 3.05) is 18.0 Å². The van der Waals surface area contributed by atoms with Gasteiger partial charge in [0.1, 0.15) is 11.4 Å². The fourth-order valence-electron chi connectivity index (χ4n) is 4.55. The first-order chi connectivity index (χ1) is 16.8. The van der Waals surface area contributed by atoms with Crippen LogP contribution in [0.5, 0.6) is 0 Å². The zero-order chi connectivity index (χ0) is 26.4. The number of hydrogen-bond acceptors (Lipinski definition) is 6. The Hall–Kier alpha value is -3.33. The molecule has 192 valence electrons. The number of pyridine rings is 1. The first-order valence-electron chi connectivity index (χ1n) is 12.0. The number of nitrogens with zero attached hydrogens (tertiary/aromatic N) is 4. The highest BCUT2D eigenvalue weighted by atomic mass is 32.2. The molecule has 8 nitrogen and oxygen atoms in total. The number of benzene rings is 1. The minimum absolute atomic E-state index is 0.0680. The molecule has 2 atom stereocenters. The molecule has 3 aromatic rings. The normalized spacial score (nSPS) is 18.9. The van der Waals surface area contributed by atoms with Gasteiger partial charge in [-0.1, -0.05) is 30.4 Å². The third kappa shape index (κ3) is 4.72. The number of ether oxygens (including phenoxy) is 1. The Balaban J connectivity index is 1.75. The fourth-order valence-corrected chi connectivity index (χ4v) is 5.92. The van der Waals surface area contributed by atoms with Gasteiger partial charge in [-0.2, -0.15) is 0 Å². The van der Waals surface area contributed by atoms with Crippen LogP contribution in [0.1, 0.15) is 45.7 Å². The maximum Gasteiger partial charge on any atom is 0.410 e. The number of anilines is 1. The summed E-state index contributed by atoms with van der Waals surface area (Å²) in [5, 5.41) is 0.716. The van der Waals surface area contributed by atoms with Crippen molar-refractivity contribution >= 4 is 38.9 Å². The molecule has 1 aromatic carbocycles. The third-order valence-electron chi connectivity index (χ3n) is 6.38. The van der Waals surface area contributed by atoms with E-state index in [2.05, 4.69) is 16.5 Å². The quantitative estimate of drug-likeness (QED) is 0.488. The minimum Gasteiger partial charge on any atom is -0.444 e. The highest BCUT2D eigenvalue weighted by Gasteiger charge is 2.36. The summed E-state index contributed by atoms with van der Waals surface area (Å²) in [5.74, 6) is 0.670. The molecule has 1 aliphatic rings. The van der Waals surface area contributed by atoms with Crippen LogP contribution >= 0.6 is 0 Å². The summed E-state index contributed by atoms with van der Waals surface area (Å²) < 4.78 is 34.0. The molecule has 0 spiro atoms. The maximum absolute atomic E-state index is 13.6. The van der Waals surface area contributed by atoms with Crippen molar-refractivity contribution < 1.29 is 17.9 Å². The highest BCUT2D eigenvalue weighted by Crippen LogP contribution is 2.35. The smallest absolute Gasteiger partial charge is 0.410 e. The molecule has 0 bridgehead atoms. The molecule has 1 saturated heterocycles. The monoisotopic (exact) mass is 510 g/mol. The van der Waals surface area contributed by atoms with E-state index >= 15 is 0 Å². The lowest BCUT2D eigenvalue weighted by molar-refractivity contribution is 0.0130. The zero-order valence-corrected chi connectivity index (χ0v) is 22.5. The van der Waals surface area contributed by atoms with Gasteiger partial charge in [-0.15, -0.1) is 0 Å². The van der Waals surface area contributed by atoms with Gasteiger partial charge in [0, 0.05) is 43.1 Å². The van der Waals surface area contributed by atoms with Crippen molar-refractivity contribution in [2.24, 2.45) is 0 Å². The molecule has 0 unspecified atom stereocenters. The zero-order valence-electron chi connectivity index (χ0n) is 21.7. The van der Waals surface area contributed by atoms with Crippen LogP contribution in [-0.4, -0.2) is 59.1 Å². The highest BCUT2D eigenvalue weighted by molar-refractivity contribution is 7.90. The third-order valence-corrected chi connectivity index (χ3v) is 8.06. The summed E-state index contributed by atoms with van der Waals surface area (Å²) in [5.41, 5.74) is 1.62. The lowest BCUT2D eigenvalue weighted by Gasteiger charge is -2.44. The molecule has 3 heterocycles. The van der Waals surface area contributed by atoms with E-state index in [4.69, 9.17) is 4.74 Å². The van der Waals surface area contributed by atoms with E-state index in [-0.39, 0.29) is 23.1 Å². The summed E-state index contributed by atoms with van der Waals surface area (Å²) in [6, 6.07) is 8.32. The predicted molar refractivity (Wildman–Crippen MR) is 143 cm³/mol. The second kappa shape index (κ2) is 9.28. The lowest BCUT2D eigenvalue weighted by Crippen LogP contribution is -2.59. The van der Waals surface area contributed by atoms with Gasteiger partial charge in [0.05, 0.1) is 15.8 Å². The van der Waals surface area contributed by atoms with Gasteiger partial charge < -0.3 is 14.5 Å². The van der Waals surface area contributed by atoms with Gasteiger partial charge in [-0.05, 0) is 59.7 Å². The molecule has 9 heteroatoms. The number of hydrogen-bond donors (Lipinski definition) is 0. The average Bonchev–Trinajstić information content (AvgIpc) is 3.19. The number of rotatable bonds is 4. The Labute approximate surface area is 213 Å². The topological polar surface area (TPSA) is 84.7 Å². The van der Waals surface area contributed by atoms with Crippen LogP contribution in [0.4, 0.5) is 10.6 Å². The van der Waals surface area contributed by atoms with Crippen LogP contribution in [0, 0.1) is 6.92 Å². The lowest BCUT2D eigenvalue weighted by atomic mass is 10.1. The molecule has 0 N–H and O–H groups in total. The van der Waals surface area contributed by atoms with E-state index < -0.39 is 15.6 Å². The molecule has 2 aromatic heterocycles. The number of aromatic nitrogens is 2. The van der Waals surface area contributed by atoms with Crippen molar-refractivity contribution in [2.45, 2.75) is 64.1 Å². The number of aryl methyl sites for hydroxylation is 1. The van der Waals surface area contributed by atoms with Gasteiger partial charge in [0.15, 0.2) is 0 Å². The van der Waals surface area contributed by atoms with E-state index in [9.17, 15) is 13.2 Å². The van der Waals surface area contributed by atoms with Crippen LogP contribution in [0.3, 0.4) is 0 Å². The predicted octanol–water partition coefficient (Wildman–Crippen LogP) is 5.06. The molecule has 1 aliphatic heterocycles. The van der Waals surface area contributed by atoms with E-state index in [1.165, 1.54) is 3.97 Å². The Bertz CT molecular complexity index is 1400. The fraction of sp³-hybridized carbons (Fsp3) is 0.407. The molecular formula is C27H34N4O4S. The van der Waals surface area contributed by atoms with Crippen LogP contribution in [-0.2, 0) is 14.8 Å². The summed E-state index contributed by atoms with van der Waals surface area (Å²) >= 11 is 0. The minimum atomic E-state index is -3.83. The van der Waals surface area contributed by atoms with E-state index in [1.807, 2.05) is 41.5 Å². The molecule has 0 radical (unpaired) electrons. The van der Waals surface area contributed by atoms with E-state index in [1.54, 1.807) is 53.7 Å². The van der Waals surface area contributed by atoms with Gasteiger partial charge in [-0.3, -0.25) is 0 Å². The van der Waals surface area contributed by atoms with E-state index in [0.717, 1.165) is 5.56 Å². The van der Waals surface area contributed by atoms with Crippen LogP contribution in [0.15, 0.2) is 54.2 Å². The van der Waals surface area contributed by atoms with Crippen molar-refractivity contribution in [1.29, 1.82) is 0 Å². The molecule has 36 heavy (non-hydrogen) atoms. The summed E-state index contributed by atoms with van der Waals surface area (Å²) in [6.07, 6.45) is 4.54. The van der Waals surface area contributed by atoms with Gasteiger partial charge in [0.25, 0.3) is 10.0 Å². The van der Waals surface area contributed by atoms with E-state index in [0.29, 0.717) is 35.4 Å². The van der Waals surface area contributed by atoms with Gasteiger partial charge in [-0.25, -0.2) is 22.2 Å². The van der Waals surface area contributed by atoms with Crippen molar-refractivity contribution in [3.63, 3.8) is 0 Å². The average molecular weight is 511 g/mol. The first kappa shape index (κ1) is 25.8. The molecule has 1 fully saturated rings. The van der Waals surface area contributed by atoms with Gasteiger partial charge in [0.2, 0.25) is 0 Å². The summed E-state index contributed by atoms with van der Waals surface area (Å²) in [7, 11) is -3.83. The van der Waals surface area contributed by atoms with Crippen LogP contribution in [0.2, 0.25) is 0 Å². The number of carbonyl (C=O) groups excluding carboxylic acids is 1. The summed E-state index contributed by atoms with van der Waals surface area (Å²) in [4.78, 5) is 21.5. The molecular weight excluding hydrogens is 476 g/mol. The van der Waals surface area contributed by atoms with Gasteiger partial charge >= 0.3 is 6.09 Å². The number of amides is 1. The molecule has 1 amide bonds. The SMILES string of the molecule is C=Cc1cn(S(=O)(=O)c2ccc(C)cc2)c2ccnc(N3C[C@@H](C)N(C(=O)OC(C)(C)C)C[C@@H]3C)c12. The maximum atomic E-state index is 13.6. The molecule has 0 aliphatic carbocycles. The number of carbonyl (C=O) groups is 1. The standard InChI is InChI=1S/C27H34N4O4S/c1-8-21-17-31(36(33,34)22-11-9-18(2)10-12-22)23-13-14-28-25(24(21)23)29-15-20(4)30(16-19(29)3)26(32)35-27(5,6)7/h8-14,17,19-20H,1,15-16H2,2-7H3/t19-,20+/m0/s1. The number of piperazine rings is 1. The van der Waals surface area contributed by atoms with Crippen molar-refractivity contribution in [1.82, 2.24) is 13.9 Å². The second-order valence-electron chi connectivity index (χ2n) is 10.4. The molecule has 4 rings (SSSR count). The van der Waals surface area contributed by atoms with Crippen molar-refractivity contribution in [3.8, 4) is 0 Å². The molecule has 0 saturated carbocycles. The Morgan fingerprint density at radius 1 is 1.11 bits per heavy atom. The Kier molecular flexibility index (Phi) is 6.64. The number of fused-ring (bicyclic) bond motifs is 1. The largest absolute Gasteiger partial charge is 0.444 e. The first-order valence-corrected chi connectivity index (χ1v) is 13.5. The van der Waals surface area contributed by atoms with Crippen LogP contribution in [0.25, 0.3) is 17.0 Å². The second-order valence-corrected chi connectivity index (χ2v) is 12.2. The van der Waals surface area contributed by atoms with Crippen LogP contribution < -0.4 is 4.90 Å². The summed E-state index contributed by atoms with van der Waals surface area (Å²) in [6.45, 7) is 16.4. The Morgan fingerprint density at radius 3 is 2.39 bits per heavy atom. The Morgan fingerprint density at radius 2 is 1.78 bits per heavy atom.